The van der Waals surface area contributed by atoms with Crippen LogP contribution in [0.1, 0.15) is 34.1 Å². The van der Waals surface area contributed by atoms with Crippen molar-refractivity contribution in [2.75, 3.05) is 11.9 Å². The minimum absolute atomic E-state index is 0.0314. The van der Waals surface area contributed by atoms with Crippen molar-refractivity contribution in [1.82, 2.24) is 5.32 Å². The average Bonchev–Trinajstić information content (AvgIpc) is 2.37. The van der Waals surface area contributed by atoms with Crippen molar-refractivity contribution in [2.45, 2.75) is 46.3 Å². The smallest absolute Gasteiger partial charge is 0.319 e. The number of carbonyl (C=O) groups excluding carboxylic acids is 1. The van der Waals surface area contributed by atoms with Crippen LogP contribution in [0.15, 0.2) is 24.3 Å². The number of hydrogen-bond acceptors (Lipinski definition) is 3. The summed E-state index contributed by atoms with van der Waals surface area (Å²) in [6.45, 7) is 8.15. The summed E-state index contributed by atoms with van der Waals surface area (Å²) in [6, 6.07) is 6.92. The van der Waals surface area contributed by atoms with Crippen molar-refractivity contribution >= 4 is 11.7 Å². The fraction of sp³-hybridized carbons (Fsp3) is 0.562. The maximum absolute atomic E-state index is 11.9. The maximum Gasteiger partial charge on any atom is 0.319 e. The van der Waals surface area contributed by atoms with Crippen LogP contribution in [-0.4, -0.2) is 29.9 Å². The number of rotatable bonds is 7. The van der Waals surface area contributed by atoms with E-state index in [4.69, 9.17) is 4.74 Å². The molecule has 1 aromatic rings. The number of nitrogens with one attached hydrogen (secondary N) is 2. The first-order valence-electron chi connectivity index (χ1n) is 7.37. The molecule has 0 bridgehead atoms. The highest BCUT2D eigenvalue weighted by atomic mass is 16.5. The number of aliphatic hydroxyl groups excluding tert-OH is 1. The van der Waals surface area contributed by atoms with Crippen molar-refractivity contribution in [1.29, 1.82) is 0 Å². The van der Waals surface area contributed by atoms with Crippen LogP contribution in [-0.2, 0) is 0 Å². The molecular formula is C16H26N2O3. The van der Waals surface area contributed by atoms with Crippen LogP contribution in [0.4, 0.5) is 10.5 Å². The van der Waals surface area contributed by atoms with Crippen LogP contribution in [0.3, 0.4) is 0 Å². The fourth-order valence-corrected chi connectivity index (χ4v) is 1.93. The monoisotopic (exact) mass is 294 g/mol. The van der Waals surface area contributed by atoms with Gasteiger partial charge in [0.2, 0.25) is 0 Å². The highest BCUT2D eigenvalue weighted by molar-refractivity contribution is 5.90. The van der Waals surface area contributed by atoms with Crippen molar-refractivity contribution in [2.24, 2.45) is 5.92 Å². The molecule has 0 saturated heterocycles. The molecule has 118 valence electrons. The lowest BCUT2D eigenvalue weighted by Crippen LogP contribution is -2.35. The van der Waals surface area contributed by atoms with Crippen LogP contribution < -0.4 is 15.4 Å². The van der Waals surface area contributed by atoms with Gasteiger partial charge in [-0.1, -0.05) is 26.0 Å². The Morgan fingerprint density at radius 1 is 1.24 bits per heavy atom. The molecule has 1 unspecified atom stereocenters. The van der Waals surface area contributed by atoms with Crippen molar-refractivity contribution in [3.8, 4) is 5.75 Å². The molecule has 0 aliphatic heterocycles. The molecule has 1 rings (SSSR count). The van der Waals surface area contributed by atoms with Crippen LogP contribution in [0.2, 0.25) is 0 Å². The van der Waals surface area contributed by atoms with Gasteiger partial charge in [0.1, 0.15) is 5.75 Å². The first-order chi connectivity index (χ1) is 9.88. The molecule has 5 nitrogen and oxygen atoms in total. The highest BCUT2D eigenvalue weighted by Gasteiger charge is 2.11. The number of benzene rings is 1. The van der Waals surface area contributed by atoms with Gasteiger partial charge in [0.15, 0.2) is 0 Å². The van der Waals surface area contributed by atoms with Crippen LogP contribution in [0.25, 0.3) is 0 Å². The topological polar surface area (TPSA) is 70.6 Å². The first kappa shape index (κ1) is 17.3. The van der Waals surface area contributed by atoms with Gasteiger partial charge in [-0.25, -0.2) is 4.79 Å². The van der Waals surface area contributed by atoms with Gasteiger partial charge in [-0.15, -0.1) is 0 Å². The molecule has 1 atom stereocenters. The number of urea groups is 1. The van der Waals surface area contributed by atoms with Crippen molar-refractivity contribution in [3.63, 3.8) is 0 Å². The Morgan fingerprint density at radius 2 is 1.90 bits per heavy atom. The van der Waals surface area contributed by atoms with Gasteiger partial charge in [0, 0.05) is 6.54 Å². The second-order valence-electron chi connectivity index (χ2n) is 5.78. The van der Waals surface area contributed by atoms with E-state index in [0.29, 0.717) is 23.8 Å². The average molecular weight is 294 g/mol. The first-order valence-corrected chi connectivity index (χ1v) is 7.37. The molecule has 2 amide bonds. The van der Waals surface area contributed by atoms with Gasteiger partial charge >= 0.3 is 6.03 Å². The summed E-state index contributed by atoms with van der Waals surface area (Å²) in [6.07, 6.45) is 0.162. The zero-order chi connectivity index (χ0) is 15.8. The number of aliphatic hydroxyl groups is 1. The molecule has 0 aliphatic rings. The quantitative estimate of drug-likeness (QED) is 0.724. The SMILES string of the molecule is CC(C)CC(O)CNC(=O)Nc1ccccc1OC(C)C. The van der Waals surface area contributed by atoms with Crippen molar-refractivity contribution in [3.05, 3.63) is 24.3 Å². The highest BCUT2D eigenvalue weighted by Crippen LogP contribution is 2.24. The third kappa shape index (κ3) is 6.99. The van der Waals surface area contributed by atoms with E-state index >= 15 is 0 Å². The van der Waals surface area contributed by atoms with E-state index in [9.17, 15) is 9.90 Å². The molecule has 1 aromatic carbocycles. The summed E-state index contributed by atoms with van der Waals surface area (Å²) >= 11 is 0. The van der Waals surface area contributed by atoms with Crippen LogP contribution in [0, 0.1) is 5.92 Å². The molecule has 0 aromatic heterocycles. The molecule has 0 saturated carbocycles. The molecular weight excluding hydrogens is 268 g/mol. The normalized spacial score (nSPS) is 12.3. The van der Waals surface area contributed by atoms with Gasteiger partial charge in [-0.05, 0) is 38.3 Å². The van der Waals surface area contributed by atoms with Crippen LogP contribution in [0.5, 0.6) is 5.75 Å². The van der Waals surface area contributed by atoms with Gasteiger partial charge in [0.25, 0.3) is 0 Å². The third-order valence-corrected chi connectivity index (χ3v) is 2.74. The van der Waals surface area contributed by atoms with E-state index in [-0.39, 0.29) is 18.7 Å². The lowest BCUT2D eigenvalue weighted by atomic mass is 10.1. The van der Waals surface area contributed by atoms with Gasteiger partial charge in [0.05, 0.1) is 17.9 Å². The number of anilines is 1. The number of para-hydroxylation sites is 2. The minimum atomic E-state index is -0.530. The van der Waals surface area contributed by atoms with Crippen LogP contribution >= 0.6 is 0 Å². The second-order valence-corrected chi connectivity index (χ2v) is 5.78. The Balaban J connectivity index is 2.51. The van der Waals surface area contributed by atoms with E-state index in [1.807, 2.05) is 45.9 Å². The summed E-state index contributed by atoms with van der Waals surface area (Å²) in [5, 5.41) is 15.1. The van der Waals surface area contributed by atoms with Gasteiger partial charge in [-0.3, -0.25) is 0 Å². The zero-order valence-corrected chi connectivity index (χ0v) is 13.2. The number of amides is 2. The van der Waals surface area contributed by atoms with E-state index < -0.39 is 6.10 Å². The van der Waals surface area contributed by atoms with E-state index in [1.165, 1.54) is 0 Å². The molecule has 0 radical (unpaired) electrons. The molecule has 5 heteroatoms. The van der Waals surface area contributed by atoms with Gasteiger partial charge in [-0.2, -0.15) is 0 Å². The standard InChI is InChI=1S/C16H26N2O3/c1-11(2)9-13(19)10-17-16(20)18-14-7-5-6-8-15(14)21-12(3)4/h5-8,11-13,19H,9-10H2,1-4H3,(H2,17,18,20). The molecule has 21 heavy (non-hydrogen) atoms. The Hall–Kier alpha value is -1.75. The van der Waals surface area contributed by atoms with Crippen molar-refractivity contribution < 1.29 is 14.6 Å². The van der Waals surface area contributed by atoms with E-state index in [2.05, 4.69) is 10.6 Å². The molecule has 3 N–H and O–H groups in total. The summed E-state index contributed by atoms with van der Waals surface area (Å²) in [5.41, 5.74) is 0.613. The lowest BCUT2D eigenvalue weighted by molar-refractivity contribution is 0.148. The molecule has 0 aliphatic carbocycles. The zero-order valence-electron chi connectivity index (χ0n) is 13.2. The Bertz CT molecular complexity index is 447. The van der Waals surface area contributed by atoms with E-state index in [0.717, 1.165) is 0 Å². The van der Waals surface area contributed by atoms with Gasteiger partial charge < -0.3 is 20.5 Å². The Morgan fingerprint density at radius 3 is 2.52 bits per heavy atom. The number of ether oxygens (including phenoxy) is 1. The third-order valence-electron chi connectivity index (χ3n) is 2.74. The summed E-state index contributed by atoms with van der Waals surface area (Å²) in [7, 11) is 0. The molecule has 0 heterocycles. The number of hydrogen-bond donors (Lipinski definition) is 3. The largest absolute Gasteiger partial charge is 0.489 e. The predicted octanol–water partition coefficient (Wildman–Crippen LogP) is 3.00. The van der Waals surface area contributed by atoms with E-state index in [1.54, 1.807) is 6.07 Å². The fourth-order valence-electron chi connectivity index (χ4n) is 1.93. The predicted molar refractivity (Wildman–Crippen MR) is 84.7 cm³/mol. The number of carbonyl (C=O) groups is 1. The summed E-state index contributed by atoms with van der Waals surface area (Å²) in [4.78, 5) is 11.9. The molecule has 0 fully saturated rings. The minimum Gasteiger partial charge on any atom is -0.489 e. The lowest BCUT2D eigenvalue weighted by Gasteiger charge is -2.16. The Labute approximate surface area is 126 Å². The second kappa shape index (κ2) is 8.52. The maximum atomic E-state index is 11.9. The summed E-state index contributed by atoms with van der Waals surface area (Å²) in [5.74, 6) is 1.02. The Kier molecular flexibility index (Phi) is 7.02. The summed E-state index contributed by atoms with van der Waals surface area (Å²) < 4.78 is 5.63. The molecule has 0 spiro atoms.